The van der Waals surface area contributed by atoms with Gasteiger partial charge in [0.15, 0.2) is 0 Å². The number of thioether (sulfide) groups is 1. The number of carbonyl (C=O) groups excluding carboxylic acids is 2. The normalized spacial score (nSPS) is 13.9. The topological polar surface area (TPSA) is 55.8 Å². The molecule has 5 nitrogen and oxygen atoms in total. The highest BCUT2D eigenvalue weighted by Gasteiger charge is 2.25. The Labute approximate surface area is 197 Å². The van der Waals surface area contributed by atoms with Gasteiger partial charge in [0.1, 0.15) is 11.4 Å². The van der Waals surface area contributed by atoms with Crippen molar-refractivity contribution in [3.63, 3.8) is 0 Å². The van der Waals surface area contributed by atoms with Gasteiger partial charge in [-0.3, -0.25) is 0 Å². The summed E-state index contributed by atoms with van der Waals surface area (Å²) in [6.45, 7) is 6.68. The van der Waals surface area contributed by atoms with Crippen molar-refractivity contribution in [2.75, 3.05) is 20.2 Å². The maximum Gasteiger partial charge on any atom is 0.410 e. The smallest absolute Gasteiger partial charge is 0.410 e. The van der Waals surface area contributed by atoms with Crippen LogP contribution >= 0.6 is 23.4 Å². The van der Waals surface area contributed by atoms with Gasteiger partial charge in [0.25, 0.3) is 0 Å². The second-order valence-corrected chi connectivity index (χ2v) is 9.97. The third-order valence-electron chi connectivity index (χ3n) is 5.07. The molecule has 1 heterocycles. The lowest BCUT2D eigenvalue weighted by molar-refractivity contribution is 0.0258. The molecular formula is C24H27ClFNO4S. The largest absolute Gasteiger partial charge is 0.465 e. The highest BCUT2D eigenvalue weighted by atomic mass is 35.5. The Morgan fingerprint density at radius 3 is 2.53 bits per heavy atom. The van der Waals surface area contributed by atoms with E-state index in [1.165, 1.54) is 31.0 Å². The van der Waals surface area contributed by atoms with Crippen LogP contribution in [0, 0.1) is 5.82 Å². The lowest BCUT2D eigenvalue weighted by Crippen LogP contribution is -2.38. The molecular weight excluding hydrogens is 453 g/mol. The maximum atomic E-state index is 14.3. The van der Waals surface area contributed by atoms with Crippen LogP contribution in [0.1, 0.15) is 47.8 Å². The number of fused-ring (bicyclic) bond motifs is 1. The number of nitrogens with zero attached hydrogens (tertiary/aromatic N) is 1. The number of carbonyl (C=O) groups is 2. The molecule has 1 aliphatic rings. The van der Waals surface area contributed by atoms with Gasteiger partial charge >= 0.3 is 12.1 Å². The molecule has 0 bridgehead atoms. The number of ether oxygens (including phenoxy) is 2. The summed E-state index contributed by atoms with van der Waals surface area (Å²) < 4.78 is 24.4. The highest BCUT2D eigenvalue weighted by Crippen LogP contribution is 2.36. The molecule has 8 heteroatoms. The van der Waals surface area contributed by atoms with E-state index < -0.39 is 17.4 Å². The van der Waals surface area contributed by atoms with Crippen LogP contribution in [-0.2, 0) is 28.1 Å². The number of amides is 1. The van der Waals surface area contributed by atoms with E-state index in [-0.39, 0.29) is 11.7 Å². The summed E-state index contributed by atoms with van der Waals surface area (Å²) in [7, 11) is 1.22. The zero-order chi connectivity index (χ0) is 23.5. The molecule has 0 spiro atoms. The third kappa shape index (κ3) is 5.95. The van der Waals surface area contributed by atoms with E-state index in [1.807, 2.05) is 32.9 Å². The molecule has 3 rings (SSSR count). The van der Waals surface area contributed by atoms with Gasteiger partial charge in [-0.2, -0.15) is 0 Å². The molecule has 0 radical (unpaired) electrons. The molecule has 0 aromatic heterocycles. The maximum absolute atomic E-state index is 14.3. The van der Waals surface area contributed by atoms with Gasteiger partial charge in [0.2, 0.25) is 0 Å². The fraction of sp³-hybridized carbons (Fsp3) is 0.417. The Bertz CT molecular complexity index is 1020. The molecule has 0 saturated carbocycles. The Kier molecular flexibility index (Phi) is 7.72. The average molecular weight is 480 g/mol. The number of methoxy groups -OCH3 is 1. The molecule has 0 atom stereocenters. The second kappa shape index (κ2) is 10.1. The van der Waals surface area contributed by atoms with Crippen molar-refractivity contribution in [3.05, 3.63) is 63.4 Å². The standard InChI is InChI=1S/C24H27ClFNO4S/c1-24(2,3)31-23(29)27-11-9-16-6-8-19(25)21(17(16)10-12-27)32-14-15-5-7-18(20(26)13-15)22(28)30-4/h5-8,13H,9-12,14H2,1-4H3. The Morgan fingerprint density at radius 2 is 1.88 bits per heavy atom. The predicted octanol–water partition coefficient (Wildman–Crippen LogP) is 5.89. The van der Waals surface area contributed by atoms with Gasteiger partial charge < -0.3 is 14.4 Å². The van der Waals surface area contributed by atoms with E-state index in [1.54, 1.807) is 11.0 Å². The minimum Gasteiger partial charge on any atom is -0.465 e. The first kappa shape index (κ1) is 24.4. The van der Waals surface area contributed by atoms with Gasteiger partial charge in [0, 0.05) is 23.7 Å². The van der Waals surface area contributed by atoms with Crippen LogP contribution in [0.3, 0.4) is 0 Å². The minimum absolute atomic E-state index is 0.0879. The van der Waals surface area contributed by atoms with Crippen molar-refractivity contribution in [2.24, 2.45) is 0 Å². The van der Waals surface area contributed by atoms with Crippen LogP contribution in [0.25, 0.3) is 0 Å². The summed E-state index contributed by atoms with van der Waals surface area (Å²) in [5.74, 6) is -0.821. The summed E-state index contributed by atoms with van der Waals surface area (Å²) in [4.78, 5) is 26.8. The second-order valence-electron chi connectivity index (χ2n) is 8.58. The van der Waals surface area contributed by atoms with Crippen molar-refractivity contribution < 1.29 is 23.5 Å². The van der Waals surface area contributed by atoms with Crippen LogP contribution in [0.4, 0.5) is 9.18 Å². The molecule has 1 amide bonds. The fourth-order valence-corrected chi connectivity index (χ4v) is 4.95. The van der Waals surface area contributed by atoms with E-state index in [9.17, 15) is 14.0 Å². The number of esters is 1. The van der Waals surface area contributed by atoms with Crippen LogP contribution in [0.15, 0.2) is 35.2 Å². The lowest BCUT2D eigenvalue weighted by Gasteiger charge is -2.26. The molecule has 0 unspecified atom stereocenters. The quantitative estimate of drug-likeness (QED) is 0.404. The van der Waals surface area contributed by atoms with Crippen LogP contribution in [0.5, 0.6) is 0 Å². The molecule has 0 N–H and O–H groups in total. The molecule has 2 aromatic carbocycles. The zero-order valence-corrected chi connectivity index (χ0v) is 20.2. The summed E-state index contributed by atoms with van der Waals surface area (Å²) in [5, 5.41) is 0.631. The molecule has 0 aliphatic carbocycles. The zero-order valence-electron chi connectivity index (χ0n) is 18.7. The first-order valence-electron chi connectivity index (χ1n) is 10.4. The summed E-state index contributed by atoms with van der Waals surface area (Å²) in [6, 6.07) is 8.36. The third-order valence-corrected chi connectivity index (χ3v) is 6.73. The van der Waals surface area contributed by atoms with Crippen molar-refractivity contribution >= 4 is 35.4 Å². The number of rotatable bonds is 4. The van der Waals surface area contributed by atoms with Crippen molar-refractivity contribution in [1.29, 1.82) is 0 Å². The molecule has 0 saturated heterocycles. The SMILES string of the molecule is COC(=O)c1ccc(CSc2c(Cl)ccc3c2CCN(C(=O)OC(C)(C)C)CC3)cc1F. The Balaban J connectivity index is 1.75. The van der Waals surface area contributed by atoms with E-state index in [2.05, 4.69) is 4.74 Å². The minimum atomic E-state index is -0.701. The van der Waals surface area contributed by atoms with Gasteiger partial charge in [-0.05, 0) is 68.5 Å². The first-order valence-corrected chi connectivity index (χ1v) is 11.7. The van der Waals surface area contributed by atoms with Crippen molar-refractivity contribution in [3.8, 4) is 0 Å². The number of hydrogen-bond acceptors (Lipinski definition) is 5. The molecule has 0 fully saturated rings. The van der Waals surface area contributed by atoms with Gasteiger partial charge in [-0.15, -0.1) is 11.8 Å². The summed E-state index contributed by atoms with van der Waals surface area (Å²) >= 11 is 8.05. The van der Waals surface area contributed by atoms with E-state index in [4.69, 9.17) is 16.3 Å². The van der Waals surface area contributed by atoms with Crippen LogP contribution < -0.4 is 0 Å². The van der Waals surface area contributed by atoms with Crippen molar-refractivity contribution in [2.45, 2.75) is 49.9 Å². The monoisotopic (exact) mass is 479 g/mol. The lowest BCUT2D eigenvalue weighted by atomic mass is 10.0. The van der Waals surface area contributed by atoms with Gasteiger partial charge in [-0.1, -0.05) is 23.7 Å². The van der Waals surface area contributed by atoms with Crippen molar-refractivity contribution in [1.82, 2.24) is 4.90 Å². The Morgan fingerprint density at radius 1 is 1.16 bits per heavy atom. The van der Waals surface area contributed by atoms with Gasteiger partial charge in [0.05, 0.1) is 17.7 Å². The molecule has 1 aliphatic heterocycles. The first-order chi connectivity index (χ1) is 15.1. The van der Waals surface area contributed by atoms with E-state index in [0.29, 0.717) is 36.7 Å². The predicted molar refractivity (Wildman–Crippen MR) is 124 cm³/mol. The number of benzene rings is 2. The van der Waals surface area contributed by atoms with Gasteiger partial charge in [-0.25, -0.2) is 14.0 Å². The number of halogens is 2. The Hall–Kier alpha value is -2.25. The molecule has 172 valence electrons. The highest BCUT2D eigenvalue weighted by molar-refractivity contribution is 7.98. The van der Waals surface area contributed by atoms with Crippen LogP contribution in [0.2, 0.25) is 5.02 Å². The average Bonchev–Trinajstić information content (AvgIpc) is 2.94. The summed E-state index contributed by atoms with van der Waals surface area (Å²) in [6.07, 6.45) is 1.06. The number of hydrogen-bond donors (Lipinski definition) is 0. The van der Waals surface area contributed by atoms with Crippen LogP contribution in [-0.4, -0.2) is 42.8 Å². The van der Waals surface area contributed by atoms with E-state index >= 15 is 0 Å². The fourth-order valence-electron chi connectivity index (χ4n) is 3.51. The molecule has 32 heavy (non-hydrogen) atoms. The van der Waals surface area contributed by atoms with E-state index in [0.717, 1.165) is 21.6 Å². The summed E-state index contributed by atoms with van der Waals surface area (Å²) in [5.41, 5.74) is 2.36. The molecule has 2 aromatic rings.